The SMILES string of the molecule is CC(C)(C)C(=O)OC1OC1c1ccccc1. The second-order valence-corrected chi connectivity index (χ2v) is 4.99. The third-order valence-electron chi connectivity index (χ3n) is 2.41. The molecule has 1 saturated heterocycles. The Kier molecular flexibility index (Phi) is 2.72. The van der Waals surface area contributed by atoms with Gasteiger partial charge in [0.15, 0.2) is 0 Å². The average Bonchev–Trinajstić information content (AvgIpc) is 2.97. The Balaban J connectivity index is 1.91. The molecule has 0 radical (unpaired) electrons. The zero-order valence-corrected chi connectivity index (χ0v) is 9.77. The summed E-state index contributed by atoms with van der Waals surface area (Å²) in [6, 6.07) is 9.77. The summed E-state index contributed by atoms with van der Waals surface area (Å²) in [5.74, 6) is -0.226. The normalized spacial score (nSPS) is 23.9. The molecular weight excluding hydrogens is 204 g/mol. The third-order valence-corrected chi connectivity index (χ3v) is 2.41. The van der Waals surface area contributed by atoms with E-state index in [2.05, 4.69) is 0 Å². The third kappa shape index (κ3) is 2.42. The molecule has 2 atom stereocenters. The van der Waals surface area contributed by atoms with E-state index in [-0.39, 0.29) is 12.1 Å². The minimum atomic E-state index is -0.479. The molecule has 0 aromatic heterocycles. The maximum Gasteiger partial charge on any atom is 0.313 e. The first kappa shape index (κ1) is 11.1. The molecule has 86 valence electrons. The summed E-state index contributed by atoms with van der Waals surface area (Å²) in [5.41, 5.74) is 0.571. The molecule has 1 fully saturated rings. The van der Waals surface area contributed by atoms with E-state index in [1.807, 2.05) is 51.1 Å². The molecule has 3 heteroatoms. The molecule has 0 bridgehead atoms. The second kappa shape index (κ2) is 3.91. The molecule has 2 unspecified atom stereocenters. The summed E-state index contributed by atoms with van der Waals surface area (Å²) in [6.45, 7) is 5.49. The zero-order chi connectivity index (χ0) is 11.8. The minimum Gasteiger partial charge on any atom is -0.432 e. The highest BCUT2D eigenvalue weighted by molar-refractivity contribution is 5.75. The van der Waals surface area contributed by atoms with Crippen molar-refractivity contribution in [3.8, 4) is 0 Å². The van der Waals surface area contributed by atoms with Crippen LogP contribution in [0.5, 0.6) is 0 Å². The molecule has 0 N–H and O–H groups in total. The first-order valence-electron chi connectivity index (χ1n) is 5.40. The topological polar surface area (TPSA) is 38.8 Å². The molecule has 3 nitrogen and oxygen atoms in total. The fraction of sp³-hybridized carbons (Fsp3) is 0.462. The van der Waals surface area contributed by atoms with Gasteiger partial charge in [0.1, 0.15) is 6.10 Å². The number of epoxide rings is 1. The number of benzene rings is 1. The molecule has 1 heterocycles. The van der Waals surface area contributed by atoms with E-state index < -0.39 is 11.7 Å². The number of esters is 1. The lowest BCUT2D eigenvalue weighted by molar-refractivity contribution is -0.158. The van der Waals surface area contributed by atoms with E-state index >= 15 is 0 Å². The Labute approximate surface area is 95.4 Å². The van der Waals surface area contributed by atoms with Crippen molar-refractivity contribution in [3.63, 3.8) is 0 Å². The fourth-order valence-electron chi connectivity index (χ4n) is 1.35. The monoisotopic (exact) mass is 220 g/mol. The van der Waals surface area contributed by atoms with Crippen LogP contribution >= 0.6 is 0 Å². The van der Waals surface area contributed by atoms with Gasteiger partial charge in [0.05, 0.1) is 5.41 Å². The Morgan fingerprint density at radius 1 is 1.25 bits per heavy atom. The molecule has 0 amide bonds. The maximum atomic E-state index is 11.6. The molecule has 0 spiro atoms. The largest absolute Gasteiger partial charge is 0.432 e. The Morgan fingerprint density at radius 2 is 1.88 bits per heavy atom. The van der Waals surface area contributed by atoms with Crippen LogP contribution in [-0.2, 0) is 14.3 Å². The van der Waals surface area contributed by atoms with Crippen molar-refractivity contribution in [1.29, 1.82) is 0 Å². The van der Waals surface area contributed by atoms with Crippen LogP contribution in [0.2, 0.25) is 0 Å². The number of rotatable bonds is 2. The van der Waals surface area contributed by atoms with E-state index in [0.717, 1.165) is 5.56 Å². The highest BCUT2D eigenvalue weighted by Crippen LogP contribution is 2.40. The van der Waals surface area contributed by atoms with Crippen LogP contribution in [0, 0.1) is 5.41 Å². The molecule has 0 aliphatic carbocycles. The van der Waals surface area contributed by atoms with Crippen LogP contribution in [0.3, 0.4) is 0 Å². The van der Waals surface area contributed by atoms with E-state index in [9.17, 15) is 4.79 Å². The van der Waals surface area contributed by atoms with Crippen LogP contribution in [0.15, 0.2) is 30.3 Å². The van der Waals surface area contributed by atoms with Gasteiger partial charge in [-0.15, -0.1) is 0 Å². The Hall–Kier alpha value is -1.35. The number of ether oxygens (including phenoxy) is 2. The summed E-state index contributed by atoms with van der Waals surface area (Å²) in [6.07, 6.45) is -0.498. The van der Waals surface area contributed by atoms with Gasteiger partial charge in [0, 0.05) is 0 Å². The van der Waals surface area contributed by atoms with Crippen molar-refractivity contribution in [3.05, 3.63) is 35.9 Å². The first-order valence-corrected chi connectivity index (χ1v) is 5.40. The summed E-state index contributed by atoms with van der Waals surface area (Å²) < 4.78 is 10.6. The minimum absolute atomic E-state index is 0.0903. The van der Waals surface area contributed by atoms with E-state index in [0.29, 0.717) is 0 Å². The van der Waals surface area contributed by atoms with E-state index in [4.69, 9.17) is 9.47 Å². The van der Waals surface area contributed by atoms with Crippen molar-refractivity contribution in [2.45, 2.75) is 33.2 Å². The predicted octanol–water partition coefficient (Wildman–Crippen LogP) is 2.67. The zero-order valence-electron chi connectivity index (χ0n) is 9.77. The van der Waals surface area contributed by atoms with Gasteiger partial charge in [-0.3, -0.25) is 4.79 Å². The Bertz CT molecular complexity index is 378. The maximum absolute atomic E-state index is 11.6. The Morgan fingerprint density at radius 3 is 2.44 bits per heavy atom. The smallest absolute Gasteiger partial charge is 0.313 e. The number of hydrogen-bond donors (Lipinski definition) is 0. The summed E-state index contributed by atoms with van der Waals surface area (Å²) in [5, 5.41) is 0. The lowest BCUT2D eigenvalue weighted by atomic mass is 9.97. The summed E-state index contributed by atoms with van der Waals surface area (Å²) in [4.78, 5) is 11.6. The summed E-state index contributed by atoms with van der Waals surface area (Å²) >= 11 is 0. The molecule has 1 aliphatic heterocycles. The van der Waals surface area contributed by atoms with Crippen LogP contribution in [0.4, 0.5) is 0 Å². The average molecular weight is 220 g/mol. The van der Waals surface area contributed by atoms with Gasteiger partial charge in [0.25, 0.3) is 0 Å². The number of carbonyl (C=O) groups excluding carboxylic acids is 1. The van der Waals surface area contributed by atoms with Gasteiger partial charge < -0.3 is 9.47 Å². The van der Waals surface area contributed by atoms with Crippen molar-refractivity contribution in [2.24, 2.45) is 5.41 Å². The predicted molar refractivity (Wildman–Crippen MR) is 59.6 cm³/mol. The molecule has 16 heavy (non-hydrogen) atoms. The highest BCUT2D eigenvalue weighted by atomic mass is 16.8. The lowest BCUT2D eigenvalue weighted by Crippen LogP contribution is -2.24. The van der Waals surface area contributed by atoms with Crippen molar-refractivity contribution < 1.29 is 14.3 Å². The van der Waals surface area contributed by atoms with Crippen LogP contribution in [-0.4, -0.2) is 12.3 Å². The van der Waals surface area contributed by atoms with Crippen LogP contribution in [0.1, 0.15) is 32.4 Å². The standard InChI is InChI=1S/C13H16O3/c1-13(2,3)12(14)16-11-10(15-11)9-7-5-4-6-8-9/h4-8,10-11H,1-3H3. The fourth-order valence-corrected chi connectivity index (χ4v) is 1.35. The highest BCUT2D eigenvalue weighted by Gasteiger charge is 2.45. The molecule has 2 rings (SSSR count). The molecule has 1 aromatic rings. The summed E-state index contributed by atoms with van der Waals surface area (Å²) in [7, 11) is 0. The molecule has 1 aliphatic rings. The van der Waals surface area contributed by atoms with E-state index in [1.54, 1.807) is 0 Å². The molecular formula is C13H16O3. The van der Waals surface area contributed by atoms with E-state index in [1.165, 1.54) is 0 Å². The second-order valence-electron chi connectivity index (χ2n) is 4.99. The lowest BCUT2D eigenvalue weighted by Gasteiger charge is -2.15. The van der Waals surface area contributed by atoms with Crippen molar-refractivity contribution in [1.82, 2.24) is 0 Å². The quantitative estimate of drug-likeness (QED) is 0.568. The van der Waals surface area contributed by atoms with Gasteiger partial charge in [-0.25, -0.2) is 0 Å². The van der Waals surface area contributed by atoms with Gasteiger partial charge in [-0.1, -0.05) is 30.3 Å². The van der Waals surface area contributed by atoms with Gasteiger partial charge in [0.2, 0.25) is 6.29 Å². The van der Waals surface area contributed by atoms with Crippen LogP contribution < -0.4 is 0 Å². The van der Waals surface area contributed by atoms with Crippen LogP contribution in [0.25, 0.3) is 0 Å². The number of hydrogen-bond acceptors (Lipinski definition) is 3. The molecule has 1 aromatic carbocycles. The van der Waals surface area contributed by atoms with Crippen molar-refractivity contribution in [2.75, 3.05) is 0 Å². The number of carbonyl (C=O) groups is 1. The van der Waals surface area contributed by atoms with Crippen molar-refractivity contribution >= 4 is 5.97 Å². The molecule has 0 saturated carbocycles. The first-order chi connectivity index (χ1) is 7.48. The van der Waals surface area contributed by atoms with Gasteiger partial charge >= 0.3 is 5.97 Å². The van der Waals surface area contributed by atoms with Gasteiger partial charge in [-0.05, 0) is 26.3 Å². The van der Waals surface area contributed by atoms with Gasteiger partial charge in [-0.2, -0.15) is 0 Å².